The smallest absolute Gasteiger partial charge is 0.331 e. The van der Waals surface area contributed by atoms with Gasteiger partial charge in [0.25, 0.3) is 11.8 Å². The van der Waals surface area contributed by atoms with E-state index in [0.29, 0.717) is 5.56 Å². The number of carboxylic acid groups (broad SMARTS) is 1. The Balaban J connectivity index is 1.78. The fraction of sp³-hybridized carbons (Fsp3) is 0.375. The number of carbonyl (C=O) groups is 4. The van der Waals surface area contributed by atoms with Crippen molar-refractivity contribution in [1.29, 1.82) is 0 Å². The highest BCUT2D eigenvalue weighted by molar-refractivity contribution is 6.07. The number of amides is 4. The summed E-state index contributed by atoms with van der Waals surface area (Å²) in [6.45, 7) is 1.73. The minimum atomic E-state index is -1.43. The summed E-state index contributed by atoms with van der Waals surface area (Å²) in [5, 5.41) is 16.6. The summed E-state index contributed by atoms with van der Waals surface area (Å²) in [5.74, 6) is -2.18. The first-order valence-corrected chi connectivity index (χ1v) is 7.65. The Kier molecular flexibility index (Phi) is 3.96. The van der Waals surface area contributed by atoms with Gasteiger partial charge < -0.3 is 20.5 Å². The molecule has 0 radical (unpaired) electrons. The van der Waals surface area contributed by atoms with Gasteiger partial charge in [0.2, 0.25) is 0 Å². The first kappa shape index (κ1) is 16.9. The molecule has 0 bridgehead atoms. The van der Waals surface area contributed by atoms with Gasteiger partial charge in [0.15, 0.2) is 5.54 Å². The second-order valence-electron chi connectivity index (χ2n) is 6.25. The summed E-state index contributed by atoms with van der Waals surface area (Å²) in [5.41, 5.74) is -1.90. The standard InChI is InChI=1S/C16H17N3O6/c1-15(12(21)17-14(24)19-15)10-4-2-9(3-5-10)11(20)18-16(13(22)23)6-7-25-8-16/h2-5H,6-8H2,1H3,(H,18,20)(H,22,23)(H2,17,19,21,24). The number of aliphatic carboxylic acids is 1. The van der Waals surface area contributed by atoms with E-state index in [1.54, 1.807) is 19.1 Å². The Hall–Kier alpha value is -2.94. The molecule has 3 rings (SSSR count). The first-order chi connectivity index (χ1) is 11.8. The second kappa shape index (κ2) is 5.85. The van der Waals surface area contributed by atoms with Gasteiger partial charge in [0.1, 0.15) is 5.54 Å². The van der Waals surface area contributed by atoms with Gasteiger partial charge in [0, 0.05) is 18.6 Å². The number of urea groups is 1. The van der Waals surface area contributed by atoms with Gasteiger partial charge in [-0.05, 0) is 24.6 Å². The molecule has 1 aromatic rings. The molecule has 0 aromatic heterocycles. The summed E-state index contributed by atoms with van der Waals surface area (Å²) in [6, 6.07) is 5.44. The Bertz CT molecular complexity index is 754. The third-order valence-electron chi connectivity index (χ3n) is 4.55. The number of hydrogen-bond donors (Lipinski definition) is 4. The van der Waals surface area contributed by atoms with Crippen molar-refractivity contribution in [3.05, 3.63) is 35.4 Å². The van der Waals surface area contributed by atoms with Gasteiger partial charge in [-0.25, -0.2) is 9.59 Å². The van der Waals surface area contributed by atoms with Crippen LogP contribution in [0.25, 0.3) is 0 Å². The lowest BCUT2D eigenvalue weighted by molar-refractivity contribution is -0.144. The molecule has 9 heteroatoms. The van der Waals surface area contributed by atoms with E-state index in [2.05, 4.69) is 16.0 Å². The van der Waals surface area contributed by atoms with Crippen LogP contribution in [0.4, 0.5) is 4.79 Å². The van der Waals surface area contributed by atoms with E-state index in [9.17, 15) is 24.3 Å². The largest absolute Gasteiger partial charge is 0.479 e. The normalized spacial score (nSPS) is 28.4. The monoisotopic (exact) mass is 347 g/mol. The van der Waals surface area contributed by atoms with Crippen molar-refractivity contribution >= 4 is 23.8 Å². The predicted molar refractivity (Wildman–Crippen MR) is 83.7 cm³/mol. The zero-order valence-corrected chi connectivity index (χ0v) is 13.4. The van der Waals surface area contributed by atoms with Gasteiger partial charge in [-0.2, -0.15) is 0 Å². The molecule has 2 saturated heterocycles. The fourth-order valence-corrected chi connectivity index (χ4v) is 2.88. The van der Waals surface area contributed by atoms with Crippen molar-refractivity contribution in [3.8, 4) is 0 Å². The number of carbonyl (C=O) groups excluding carboxylic acids is 3. The van der Waals surface area contributed by atoms with Gasteiger partial charge in [-0.15, -0.1) is 0 Å². The van der Waals surface area contributed by atoms with Crippen molar-refractivity contribution in [2.45, 2.75) is 24.4 Å². The molecule has 132 valence electrons. The summed E-state index contributed by atoms with van der Waals surface area (Å²) >= 11 is 0. The third kappa shape index (κ3) is 2.82. The molecule has 2 fully saturated rings. The molecule has 2 aliphatic heterocycles. The van der Waals surface area contributed by atoms with Crippen LogP contribution in [0.5, 0.6) is 0 Å². The van der Waals surface area contributed by atoms with Crippen molar-refractivity contribution < 1.29 is 29.0 Å². The highest BCUT2D eigenvalue weighted by Gasteiger charge is 2.45. The third-order valence-corrected chi connectivity index (χ3v) is 4.55. The molecular formula is C16H17N3O6. The maximum absolute atomic E-state index is 12.4. The molecule has 0 saturated carbocycles. The highest BCUT2D eigenvalue weighted by Crippen LogP contribution is 2.25. The molecule has 2 heterocycles. The number of rotatable bonds is 4. The van der Waals surface area contributed by atoms with E-state index in [4.69, 9.17) is 4.74 Å². The number of imide groups is 1. The van der Waals surface area contributed by atoms with Crippen LogP contribution in [0.2, 0.25) is 0 Å². The molecule has 2 aliphatic rings. The van der Waals surface area contributed by atoms with Crippen LogP contribution in [-0.2, 0) is 19.9 Å². The number of benzene rings is 1. The van der Waals surface area contributed by atoms with E-state index in [1.807, 2.05) is 0 Å². The van der Waals surface area contributed by atoms with Crippen molar-refractivity contribution in [2.24, 2.45) is 0 Å². The second-order valence-corrected chi connectivity index (χ2v) is 6.25. The van der Waals surface area contributed by atoms with E-state index in [1.165, 1.54) is 12.1 Å². The Morgan fingerprint density at radius 3 is 2.40 bits per heavy atom. The highest BCUT2D eigenvalue weighted by atomic mass is 16.5. The lowest BCUT2D eigenvalue weighted by atomic mass is 9.91. The molecular weight excluding hydrogens is 330 g/mol. The molecule has 9 nitrogen and oxygen atoms in total. The average Bonchev–Trinajstić information content (AvgIpc) is 3.14. The van der Waals surface area contributed by atoms with Crippen molar-refractivity contribution in [3.63, 3.8) is 0 Å². The molecule has 4 amide bonds. The minimum absolute atomic E-state index is 0.0869. The number of carboxylic acids is 1. The van der Waals surface area contributed by atoms with Gasteiger partial charge in [-0.1, -0.05) is 12.1 Å². The summed E-state index contributed by atoms with van der Waals surface area (Å²) in [4.78, 5) is 47.1. The summed E-state index contributed by atoms with van der Waals surface area (Å²) in [7, 11) is 0. The Morgan fingerprint density at radius 2 is 1.92 bits per heavy atom. The van der Waals surface area contributed by atoms with Crippen LogP contribution >= 0.6 is 0 Å². The van der Waals surface area contributed by atoms with Crippen LogP contribution in [0.3, 0.4) is 0 Å². The average molecular weight is 347 g/mol. The summed E-state index contributed by atoms with van der Waals surface area (Å²) in [6.07, 6.45) is 0.191. The van der Waals surface area contributed by atoms with Crippen LogP contribution in [0, 0.1) is 0 Å². The molecule has 25 heavy (non-hydrogen) atoms. The molecule has 2 unspecified atom stereocenters. The molecule has 2 atom stereocenters. The van der Waals surface area contributed by atoms with Crippen molar-refractivity contribution in [2.75, 3.05) is 13.2 Å². The molecule has 1 aromatic carbocycles. The van der Waals surface area contributed by atoms with E-state index >= 15 is 0 Å². The first-order valence-electron chi connectivity index (χ1n) is 7.65. The van der Waals surface area contributed by atoms with Gasteiger partial charge in [-0.3, -0.25) is 14.9 Å². The lowest BCUT2D eigenvalue weighted by Crippen LogP contribution is -2.55. The lowest BCUT2D eigenvalue weighted by Gasteiger charge is -2.24. The zero-order chi connectivity index (χ0) is 18.2. The number of hydrogen-bond acceptors (Lipinski definition) is 5. The number of nitrogens with one attached hydrogen (secondary N) is 3. The molecule has 4 N–H and O–H groups in total. The Labute approximate surface area is 142 Å². The van der Waals surface area contributed by atoms with Crippen LogP contribution < -0.4 is 16.0 Å². The topological polar surface area (TPSA) is 134 Å². The summed E-state index contributed by atoms with van der Waals surface area (Å²) < 4.78 is 5.10. The maximum Gasteiger partial charge on any atom is 0.331 e. The fourth-order valence-electron chi connectivity index (χ4n) is 2.88. The van der Waals surface area contributed by atoms with E-state index in [0.717, 1.165) is 0 Å². The van der Waals surface area contributed by atoms with Crippen LogP contribution in [0.1, 0.15) is 29.3 Å². The van der Waals surface area contributed by atoms with Gasteiger partial charge >= 0.3 is 12.0 Å². The quantitative estimate of drug-likeness (QED) is 0.553. The van der Waals surface area contributed by atoms with E-state index < -0.39 is 34.9 Å². The minimum Gasteiger partial charge on any atom is -0.479 e. The van der Waals surface area contributed by atoms with Crippen LogP contribution in [0.15, 0.2) is 24.3 Å². The maximum atomic E-state index is 12.4. The SMILES string of the molecule is CC1(c2ccc(C(=O)NC3(C(=O)O)CCOC3)cc2)NC(=O)NC1=O. The zero-order valence-electron chi connectivity index (χ0n) is 13.4. The van der Waals surface area contributed by atoms with Gasteiger partial charge in [0.05, 0.1) is 6.61 Å². The number of ether oxygens (including phenoxy) is 1. The Morgan fingerprint density at radius 1 is 1.24 bits per heavy atom. The van der Waals surface area contributed by atoms with E-state index in [-0.39, 0.29) is 25.2 Å². The molecule has 0 spiro atoms. The predicted octanol–water partition coefficient (Wildman–Crippen LogP) is -0.285. The van der Waals surface area contributed by atoms with Crippen molar-refractivity contribution in [1.82, 2.24) is 16.0 Å². The van der Waals surface area contributed by atoms with Crippen LogP contribution in [-0.4, -0.2) is 47.7 Å². The molecule has 0 aliphatic carbocycles.